The van der Waals surface area contributed by atoms with Crippen molar-refractivity contribution in [3.8, 4) is 0 Å². The number of aryl methyl sites for hydroxylation is 5. The molecule has 0 aliphatic heterocycles. The lowest BCUT2D eigenvalue weighted by atomic mass is 10.00. The van der Waals surface area contributed by atoms with Crippen molar-refractivity contribution >= 4 is 44.4 Å². The molecule has 0 nitrogen and oxygen atoms in total. The van der Waals surface area contributed by atoms with Gasteiger partial charge in [0.05, 0.1) is 0 Å². The van der Waals surface area contributed by atoms with Gasteiger partial charge in [-0.1, -0.05) is 78.4 Å². The van der Waals surface area contributed by atoms with E-state index in [9.17, 15) is 0 Å². The van der Waals surface area contributed by atoms with Crippen molar-refractivity contribution in [2.75, 3.05) is 0 Å². The van der Waals surface area contributed by atoms with Crippen molar-refractivity contribution < 1.29 is 0 Å². The maximum atomic E-state index is 6.04. The number of rotatable bonds is 7. The Kier molecular flexibility index (Phi) is 7.05. The average molecular weight is 434 g/mol. The average Bonchev–Trinajstić information content (AvgIpc) is 2.66. The van der Waals surface area contributed by atoms with Gasteiger partial charge in [0.15, 0.2) is 0 Å². The molecule has 0 radical (unpaired) electrons. The zero-order valence-electron chi connectivity index (χ0n) is 15.4. The van der Waals surface area contributed by atoms with E-state index in [2.05, 4.69) is 67.6 Å². The molecular weight excluding hydrogens is 411 g/mol. The van der Waals surface area contributed by atoms with Crippen molar-refractivity contribution in [1.82, 2.24) is 0 Å². The first-order valence-corrected chi connectivity index (χ1v) is 14.2. The Hall–Kier alpha value is -1.25. The summed E-state index contributed by atoms with van der Waals surface area (Å²) in [4.78, 5) is 0. The van der Waals surface area contributed by atoms with Crippen LogP contribution in [0, 0.1) is 6.92 Å². The lowest BCUT2D eigenvalue weighted by Crippen LogP contribution is -2.29. The summed E-state index contributed by atoms with van der Waals surface area (Å²) < 4.78 is 0. The predicted molar refractivity (Wildman–Crippen MR) is 122 cm³/mol. The molecule has 3 aromatic carbocycles. The van der Waals surface area contributed by atoms with Gasteiger partial charge in [-0.15, -0.1) is 33.2 Å². The van der Waals surface area contributed by atoms with E-state index in [-0.39, 0.29) is 0 Å². The highest BCUT2D eigenvalue weighted by Crippen LogP contribution is 2.20. The molecule has 0 unspecified atom stereocenters. The molecule has 0 aliphatic rings. The van der Waals surface area contributed by atoms with Crippen LogP contribution in [0.5, 0.6) is 0 Å². The molecule has 3 aromatic rings. The number of hydrogen-bond acceptors (Lipinski definition) is 0. The SMILES string of the molecule is Cc1ccc(CCc2ccc(CCc3ccc([Si](Cl)(Cl)Cl)cc3)cc2)cc1. The van der Waals surface area contributed by atoms with Crippen LogP contribution in [0.15, 0.2) is 72.8 Å². The highest BCUT2D eigenvalue weighted by Gasteiger charge is 2.27. The van der Waals surface area contributed by atoms with Crippen LogP contribution in [-0.2, 0) is 25.7 Å². The summed E-state index contributed by atoms with van der Waals surface area (Å²) in [6.07, 6.45) is 4.16. The summed E-state index contributed by atoms with van der Waals surface area (Å²) in [7, 11) is 0. The van der Waals surface area contributed by atoms with Crippen LogP contribution in [0.3, 0.4) is 0 Å². The van der Waals surface area contributed by atoms with E-state index in [0.717, 1.165) is 30.9 Å². The molecule has 0 saturated heterocycles. The monoisotopic (exact) mass is 432 g/mol. The molecule has 4 heteroatoms. The van der Waals surface area contributed by atoms with E-state index < -0.39 is 6.00 Å². The normalized spacial score (nSPS) is 11.6. The third kappa shape index (κ3) is 6.39. The minimum atomic E-state index is -2.77. The Balaban J connectivity index is 1.51. The Labute approximate surface area is 177 Å². The Morgan fingerprint density at radius 1 is 0.519 bits per heavy atom. The first-order chi connectivity index (χ1) is 12.9. The van der Waals surface area contributed by atoms with E-state index in [1.165, 1.54) is 27.8 Å². The molecule has 0 aromatic heterocycles. The molecule has 0 N–H and O–H groups in total. The standard InChI is InChI=1S/C23H23Cl3Si/c1-18-2-4-19(5-3-18)6-7-20-8-10-21(11-9-20)12-13-22-14-16-23(17-15-22)27(24,25)26/h2-5,8-11,14-17H,6-7,12-13H2,1H3. The smallest absolute Gasteiger partial charge is 0.121 e. The fourth-order valence-electron chi connectivity index (χ4n) is 3.07. The first-order valence-electron chi connectivity index (χ1n) is 9.20. The molecule has 0 heterocycles. The van der Waals surface area contributed by atoms with Gasteiger partial charge in [-0.3, -0.25) is 0 Å². The fraction of sp³-hybridized carbons (Fsp3) is 0.217. The van der Waals surface area contributed by atoms with Crippen molar-refractivity contribution in [1.29, 1.82) is 0 Å². The maximum absolute atomic E-state index is 6.04. The second kappa shape index (κ2) is 9.30. The molecular formula is C23H23Cl3Si. The number of hydrogen-bond donors (Lipinski definition) is 0. The summed E-state index contributed by atoms with van der Waals surface area (Å²) in [5.74, 6) is 0. The topological polar surface area (TPSA) is 0 Å². The highest BCUT2D eigenvalue weighted by molar-refractivity contribution is 7.69. The van der Waals surface area contributed by atoms with Crippen LogP contribution in [-0.4, -0.2) is 6.00 Å². The number of halogens is 3. The fourth-order valence-corrected chi connectivity index (χ4v) is 4.74. The van der Waals surface area contributed by atoms with E-state index in [1.807, 2.05) is 12.1 Å². The summed E-state index contributed by atoms with van der Waals surface area (Å²) >= 11 is 18.1. The zero-order valence-corrected chi connectivity index (χ0v) is 18.7. The zero-order chi connectivity index (χ0) is 19.3. The Morgan fingerprint density at radius 3 is 1.15 bits per heavy atom. The van der Waals surface area contributed by atoms with E-state index in [0.29, 0.717) is 0 Å². The second-order valence-electron chi connectivity index (χ2n) is 7.00. The van der Waals surface area contributed by atoms with Gasteiger partial charge in [0, 0.05) is 0 Å². The molecule has 0 aliphatic carbocycles. The van der Waals surface area contributed by atoms with Crippen molar-refractivity contribution in [2.24, 2.45) is 0 Å². The van der Waals surface area contributed by atoms with Crippen molar-refractivity contribution in [3.63, 3.8) is 0 Å². The van der Waals surface area contributed by atoms with Crippen LogP contribution in [0.4, 0.5) is 0 Å². The lowest BCUT2D eigenvalue weighted by molar-refractivity contribution is 0.940. The van der Waals surface area contributed by atoms with Gasteiger partial charge in [-0.2, -0.15) is 0 Å². The Bertz CT molecular complexity index is 848. The molecule has 0 bridgehead atoms. The van der Waals surface area contributed by atoms with Crippen LogP contribution in [0.2, 0.25) is 0 Å². The third-order valence-corrected chi connectivity index (χ3v) is 7.78. The molecule has 140 valence electrons. The van der Waals surface area contributed by atoms with Crippen LogP contribution < -0.4 is 5.19 Å². The van der Waals surface area contributed by atoms with Gasteiger partial charge in [-0.25, -0.2) is 0 Å². The third-order valence-electron chi connectivity index (χ3n) is 4.83. The van der Waals surface area contributed by atoms with Crippen molar-refractivity contribution in [3.05, 3.63) is 101 Å². The minimum Gasteiger partial charge on any atom is -0.121 e. The van der Waals surface area contributed by atoms with Gasteiger partial charge in [-0.05, 0) is 60.0 Å². The Morgan fingerprint density at radius 2 is 0.815 bits per heavy atom. The maximum Gasteiger partial charge on any atom is 0.372 e. The summed E-state index contributed by atoms with van der Waals surface area (Å²) in [6, 6.07) is 23.1. The first kappa shape index (κ1) is 20.5. The van der Waals surface area contributed by atoms with Gasteiger partial charge >= 0.3 is 6.00 Å². The van der Waals surface area contributed by atoms with E-state index >= 15 is 0 Å². The summed E-state index contributed by atoms with van der Waals surface area (Å²) in [5.41, 5.74) is 6.72. The van der Waals surface area contributed by atoms with Gasteiger partial charge in [0.2, 0.25) is 0 Å². The summed E-state index contributed by atoms with van der Waals surface area (Å²) in [5, 5.41) is 0.842. The van der Waals surface area contributed by atoms with Crippen LogP contribution >= 0.6 is 33.2 Å². The largest absolute Gasteiger partial charge is 0.372 e. The summed E-state index contributed by atoms with van der Waals surface area (Å²) in [6.45, 7) is 2.12. The molecule has 0 atom stereocenters. The highest BCUT2D eigenvalue weighted by atomic mass is 35.8. The van der Waals surface area contributed by atoms with E-state index in [1.54, 1.807) is 0 Å². The van der Waals surface area contributed by atoms with Crippen LogP contribution in [0.25, 0.3) is 0 Å². The predicted octanol–water partition coefficient (Wildman–Crippen LogP) is 6.43. The lowest BCUT2D eigenvalue weighted by Gasteiger charge is -2.09. The molecule has 0 fully saturated rings. The van der Waals surface area contributed by atoms with Gasteiger partial charge in [0.25, 0.3) is 0 Å². The molecule has 0 saturated carbocycles. The molecule has 0 amide bonds. The number of benzene rings is 3. The van der Waals surface area contributed by atoms with Crippen molar-refractivity contribution in [2.45, 2.75) is 32.6 Å². The molecule has 27 heavy (non-hydrogen) atoms. The second-order valence-corrected chi connectivity index (χ2v) is 15.4. The molecule has 3 rings (SSSR count). The quantitative estimate of drug-likeness (QED) is 0.297. The molecule has 0 spiro atoms. The van der Waals surface area contributed by atoms with Gasteiger partial charge in [0.1, 0.15) is 0 Å². The van der Waals surface area contributed by atoms with E-state index in [4.69, 9.17) is 33.2 Å². The minimum absolute atomic E-state index is 0.842. The van der Waals surface area contributed by atoms with Crippen LogP contribution in [0.1, 0.15) is 27.8 Å². The van der Waals surface area contributed by atoms with Gasteiger partial charge < -0.3 is 0 Å².